The van der Waals surface area contributed by atoms with E-state index in [0.717, 1.165) is 30.6 Å². The van der Waals surface area contributed by atoms with Crippen LogP contribution in [0.15, 0.2) is 18.3 Å². The minimum Gasteiger partial charge on any atom is -0.375 e. The number of pyridine rings is 1. The predicted molar refractivity (Wildman–Crippen MR) is 80.5 cm³/mol. The number of ether oxygens (including phenoxy) is 1. The molecular formula is C16H20N4O2. The van der Waals surface area contributed by atoms with Crippen molar-refractivity contribution in [2.24, 2.45) is 0 Å². The fourth-order valence-electron chi connectivity index (χ4n) is 3.38. The number of hydrogen-bond acceptors (Lipinski definition) is 4. The third-order valence-corrected chi connectivity index (χ3v) is 4.67. The summed E-state index contributed by atoms with van der Waals surface area (Å²) in [6.07, 6.45) is 6.57. The maximum absolute atomic E-state index is 12.2. The molecule has 6 heteroatoms. The summed E-state index contributed by atoms with van der Waals surface area (Å²) in [7, 11) is 1.55. The van der Waals surface area contributed by atoms with E-state index < -0.39 is 0 Å². The van der Waals surface area contributed by atoms with Gasteiger partial charge < -0.3 is 9.64 Å². The lowest BCUT2D eigenvalue weighted by molar-refractivity contribution is -0.136. The van der Waals surface area contributed by atoms with Crippen LogP contribution in [0.2, 0.25) is 0 Å². The number of carbonyl (C=O) groups excluding carboxylic acids is 1. The van der Waals surface area contributed by atoms with Crippen LogP contribution in [0.4, 0.5) is 0 Å². The van der Waals surface area contributed by atoms with Crippen LogP contribution < -0.4 is 0 Å². The number of hydrogen-bond donors (Lipinski definition) is 0. The van der Waals surface area contributed by atoms with Gasteiger partial charge in [-0.1, -0.05) is 11.3 Å². The molecule has 1 aliphatic carbocycles. The van der Waals surface area contributed by atoms with Crippen molar-refractivity contribution in [3.63, 3.8) is 0 Å². The van der Waals surface area contributed by atoms with Gasteiger partial charge in [-0.3, -0.25) is 4.79 Å². The minimum atomic E-state index is 0.0203. The van der Waals surface area contributed by atoms with Crippen molar-refractivity contribution in [2.75, 3.05) is 20.3 Å². The highest BCUT2D eigenvalue weighted by Gasteiger charge is 2.33. The van der Waals surface area contributed by atoms with Crippen molar-refractivity contribution in [3.8, 4) is 0 Å². The molecule has 1 saturated carbocycles. The quantitative estimate of drug-likeness (QED) is 0.865. The van der Waals surface area contributed by atoms with Crippen molar-refractivity contribution in [1.29, 1.82) is 0 Å². The normalized spacial score (nSPS) is 21.7. The zero-order valence-corrected chi connectivity index (χ0v) is 12.7. The Bertz CT molecular complexity index is 707. The molecule has 3 heterocycles. The Kier molecular flexibility index (Phi) is 3.33. The van der Waals surface area contributed by atoms with E-state index in [4.69, 9.17) is 4.74 Å². The summed E-state index contributed by atoms with van der Waals surface area (Å²) in [5.74, 6) is 0.726. The molecule has 1 amide bonds. The third kappa shape index (κ3) is 2.27. The number of fused-ring (bicyclic) bond motifs is 1. The summed E-state index contributed by atoms with van der Waals surface area (Å²) in [5, 5.41) is 8.64. The van der Waals surface area contributed by atoms with Crippen LogP contribution in [0.25, 0.3) is 5.52 Å². The summed E-state index contributed by atoms with van der Waals surface area (Å²) in [6, 6.07) is 4.29. The van der Waals surface area contributed by atoms with Crippen LogP contribution >= 0.6 is 0 Å². The summed E-state index contributed by atoms with van der Waals surface area (Å²) >= 11 is 0. The van der Waals surface area contributed by atoms with Crippen LogP contribution in [0.1, 0.15) is 48.9 Å². The van der Waals surface area contributed by atoms with Gasteiger partial charge in [0, 0.05) is 19.9 Å². The molecule has 0 aromatic carbocycles. The highest BCUT2D eigenvalue weighted by molar-refractivity contribution is 5.78. The van der Waals surface area contributed by atoms with Gasteiger partial charge >= 0.3 is 0 Å². The Morgan fingerprint density at radius 2 is 2.23 bits per heavy atom. The summed E-state index contributed by atoms with van der Waals surface area (Å²) in [4.78, 5) is 14.1. The molecule has 0 radical (unpaired) electrons. The molecule has 0 bridgehead atoms. The number of amides is 1. The molecule has 1 saturated heterocycles. The Morgan fingerprint density at radius 3 is 3.00 bits per heavy atom. The molecule has 1 aliphatic heterocycles. The smallest absolute Gasteiger partial charge is 0.249 e. The molecule has 0 unspecified atom stereocenters. The average molecular weight is 300 g/mol. The predicted octanol–water partition coefficient (Wildman–Crippen LogP) is 1.92. The number of carbonyl (C=O) groups is 1. The first-order valence-corrected chi connectivity index (χ1v) is 7.91. The molecule has 1 atom stereocenters. The van der Waals surface area contributed by atoms with E-state index in [2.05, 4.69) is 28.6 Å². The van der Waals surface area contributed by atoms with Crippen LogP contribution in [0, 0.1) is 0 Å². The number of likely N-dealkylation sites (tertiary alicyclic amines) is 1. The van der Waals surface area contributed by atoms with E-state index in [1.165, 1.54) is 18.4 Å². The van der Waals surface area contributed by atoms with Crippen molar-refractivity contribution >= 4 is 11.4 Å². The zero-order valence-electron chi connectivity index (χ0n) is 12.7. The zero-order chi connectivity index (χ0) is 15.1. The van der Waals surface area contributed by atoms with E-state index in [1.54, 1.807) is 7.11 Å². The van der Waals surface area contributed by atoms with E-state index in [0.29, 0.717) is 5.92 Å². The first-order chi connectivity index (χ1) is 10.8. The molecule has 0 spiro atoms. The van der Waals surface area contributed by atoms with Gasteiger partial charge in [0.25, 0.3) is 0 Å². The van der Waals surface area contributed by atoms with Gasteiger partial charge in [-0.25, -0.2) is 4.52 Å². The Balaban J connectivity index is 1.66. The average Bonchev–Trinajstić information content (AvgIpc) is 3.11. The van der Waals surface area contributed by atoms with Gasteiger partial charge in [-0.05, 0) is 43.2 Å². The Hall–Kier alpha value is -1.95. The topological polar surface area (TPSA) is 59.7 Å². The molecule has 116 valence electrons. The first kappa shape index (κ1) is 13.7. The lowest BCUT2D eigenvalue weighted by Crippen LogP contribution is -2.33. The maximum atomic E-state index is 12.2. The molecule has 0 N–H and O–H groups in total. The fraction of sp³-hybridized carbons (Fsp3) is 0.562. The van der Waals surface area contributed by atoms with Crippen molar-refractivity contribution in [1.82, 2.24) is 19.7 Å². The van der Waals surface area contributed by atoms with Crippen molar-refractivity contribution < 1.29 is 9.53 Å². The summed E-state index contributed by atoms with van der Waals surface area (Å²) in [6.45, 7) is 0.896. The lowest BCUT2D eigenvalue weighted by atomic mass is 10.1. The number of aromatic nitrogens is 3. The minimum absolute atomic E-state index is 0.0203. The van der Waals surface area contributed by atoms with Gasteiger partial charge in [0.2, 0.25) is 5.91 Å². The van der Waals surface area contributed by atoms with Crippen LogP contribution in [0.5, 0.6) is 0 Å². The largest absolute Gasteiger partial charge is 0.375 e. The highest BCUT2D eigenvalue weighted by Crippen LogP contribution is 2.40. The molecule has 2 aromatic heterocycles. The molecule has 2 aromatic rings. The first-order valence-electron chi connectivity index (χ1n) is 7.91. The van der Waals surface area contributed by atoms with Gasteiger partial charge in [0.05, 0.1) is 11.6 Å². The Morgan fingerprint density at radius 1 is 1.36 bits per heavy atom. The second-order valence-electron chi connectivity index (χ2n) is 6.22. The molecule has 2 fully saturated rings. The number of rotatable bonds is 4. The molecule has 22 heavy (non-hydrogen) atoms. The fourth-order valence-corrected chi connectivity index (χ4v) is 3.38. The maximum Gasteiger partial charge on any atom is 0.249 e. The van der Waals surface area contributed by atoms with E-state index in [-0.39, 0.29) is 18.6 Å². The summed E-state index contributed by atoms with van der Waals surface area (Å²) in [5.41, 5.74) is 3.25. The number of methoxy groups -OCH3 is 1. The molecular weight excluding hydrogens is 280 g/mol. The van der Waals surface area contributed by atoms with E-state index in [9.17, 15) is 4.79 Å². The van der Waals surface area contributed by atoms with E-state index in [1.807, 2.05) is 9.42 Å². The van der Waals surface area contributed by atoms with Crippen LogP contribution in [-0.2, 0) is 9.53 Å². The monoisotopic (exact) mass is 300 g/mol. The highest BCUT2D eigenvalue weighted by atomic mass is 16.5. The van der Waals surface area contributed by atoms with Crippen LogP contribution in [-0.4, -0.2) is 45.9 Å². The van der Waals surface area contributed by atoms with Gasteiger partial charge in [0.15, 0.2) is 0 Å². The summed E-state index contributed by atoms with van der Waals surface area (Å²) < 4.78 is 6.85. The standard InChI is InChI=1S/C16H20N4O2/c1-22-10-15(21)19-8-2-3-13(19)16-14-7-6-12(11-4-5-11)9-20(14)18-17-16/h6-7,9,11,13H,2-5,8,10H2,1H3/t13-/m1/s1. The van der Waals surface area contributed by atoms with Crippen LogP contribution in [0.3, 0.4) is 0 Å². The van der Waals surface area contributed by atoms with Crippen molar-refractivity contribution in [3.05, 3.63) is 29.6 Å². The van der Waals surface area contributed by atoms with E-state index >= 15 is 0 Å². The molecule has 4 rings (SSSR count). The second kappa shape index (κ2) is 5.35. The molecule has 6 nitrogen and oxygen atoms in total. The Labute approximate surface area is 129 Å². The van der Waals surface area contributed by atoms with Crippen molar-refractivity contribution in [2.45, 2.75) is 37.6 Å². The molecule has 2 aliphatic rings. The lowest BCUT2D eigenvalue weighted by Gasteiger charge is -2.23. The second-order valence-corrected chi connectivity index (χ2v) is 6.22. The van der Waals surface area contributed by atoms with Gasteiger partial charge in [-0.15, -0.1) is 5.10 Å². The van der Waals surface area contributed by atoms with Gasteiger partial charge in [0.1, 0.15) is 12.3 Å². The third-order valence-electron chi connectivity index (χ3n) is 4.67. The number of nitrogens with zero attached hydrogens (tertiary/aromatic N) is 4. The van der Waals surface area contributed by atoms with Gasteiger partial charge in [-0.2, -0.15) is 0 Å². The SMILES string of the molecule is COCC(=O)N1CCC[C@@H]1c1nnn2cc(C3CC3)ccc12.